The summed E-state index contributed by atoms with van der Waals surface area (Å²) < 4.78 is 2.11. The largest absolute Gasteiger partial charge is 0.356 e. The van der Waals surface area contributed by atoms with Crippen LogP contribution in [0.3, 0.4) is 0 Å². The van der Waals surface area contributed by atoms with Crippen molar-refractivity contribution in [1.29, 1.82) is 0 Å². The third-order valence-electron chi connectivity index (χ3n) is 2.85. The molecule has 0 spiro atoms. The van der Waals surface area contributed by atoms with E-state index in [0.29, 0.717) is 0 Å². The highest BCUT2D eigenvalue weighted by atomic mass is 15.2. The van der Waals surface area contributed by atoms with Crippen LogP contribution in [0.25, 0.3) is 0 Å². The number of aryl methyl sites for hydroxylation is 1. The molecule has 2 rings (SSSR count). The molecule has 2 aromatic rings. The lowest BCUT2D eigenvalue weighted by Crippen LogP contribution is -2.09. The average molecular weight is 244 g/mol. The minimum absolute atomic E-state index is 0.807. The minimum atomic E-state index is 0.807. The molecular weight excluding hydrogens is 224 g/mol. The van der Waals surface area contributed by atoms with Gasteiger partial charge >= 0.3 is 0 Å². The van der Waals surface area contributed by atoms with Crippen LogP contribution in [0.5, 0.6) is 0 Å². The second kappa shape index (κ2) is 6.19. The maximum atomic E-state index is 4.33. The summed E-state index contributed by atoms with van der Waals surface area (Å²) in [5.74, 6) is 0.934. The zero-order valence-corrected chi connectivity index (χ0v) is 11.1. The molecule has 0 amide bonds. The molecule has 2 heterocycles. The molecule has 1 N–H and O–H groups in total. The number of nitrogens with one attached hydrogen (secondary N) is 1. The molecule has 0 fully saturated rings. The fourth-order valence-electron chi connectivity index (χ4n) is 1.77. The van der Waals surface area contributed by atoms with Crippen molar-refractivity contribution >= 4 is 5.95 Å². The van der Waals surface area contributed by atoms with E-state index in [2.05, 4.69) is 32.8 Å². The van der Waals surface area contributed by atoms with Crippen LogP contribution in [0.15, 0.2) is 30.7 Å². The van der Waals surface area contributed by atoms with Crippen molar-refractivity contribution in [2.45, 2.75) is 33.2 Å². The number of pyridine rings is 1. The third-order valence-corrected chi connectivity index (χ3v) is 2.85. The summed E-state index contributed by atoms with van der Waals surface area (Å²) in [6.07, 6.45) is 8.10. The molecule has 4 nitrogen and oxygen atoms in total. The van der Waals surface area contributed by atoms with Crippen molar-refractivity contribution in [3.05, 3.63) is 42.0 Å². The highest BCUT2D eigenvalue weighted by molar-refractivity contribution is 5.27. The first-order chi connectivity index (χ1) is 8.79. The Morgan fingerprint density at radius 1 is 1.28 bits per heavy atom. The van der Waals surface area contributed by atoms with E-state index < -0.39 is 0 Å². The van der Waals surface area contributed by atoms with Crippen molar-refractivity contribution < 1.29 is 0 Å². The van der Waals surface area contributed by atoms with E-state index in [1.165, 1.54) is 18.4 Å². The van der Waals surface area contributed by atoms with Gasteiger partial charge in [-0.15, -0.1) is 0 Å². The zero-order valence-electron chi connectivity index (χ0n) is 11.1. The molecule has 4 heteroatoms. The Morgan fingerprint density at radius 2 is 2.17 bits per heavy atom. The third kappa shape index (κ3) is 3.32. The highest BCUT2D eigenvalue weighted by Crippen LogP contribution is 2.09. The molecule has 0 saturated heterocycles. The Kier molecular flexibility index (Phi) is 4.34. The first-order valence-corrected chi connectivity index (χ1v) is 6.46. The maximum Gasteiger partial charge on any atom is 0.203 e. The van der Waals surface area contributed by atoms with Gasteiger partial charge in [0.25, 0.3) is 0 Å². The van der Waals surface area contributed by atoms with Gasteiger partial charge in [-0.1, -0.05) is 19.4 Å². The lowest BCUT2D eigenvalue weighted by molar-refractivity contribution is 0.772. The van der Waals surface area contributed by atoms with Gasteiger partial charge in [0, 0.05) is 30.8 Å². The van der Waals surface area contributed by atoms with Crippen LogP contribution in [0, 0.1) is 6.92 Å². The number of rotatable bonds is 6. The Balaban J connectivity index is 2.00. The van der Waals surface area contributed by atoms with Gasteiger partial charge in [-0.2, -0.15) is 0 Å². The smallest absolute Gasteiger partial charge is 0.203 e. The summed E-state index contributed by atoms with van der Waals surface area (Å²) in [6, 6.07) is 4.15. The molecule has 0 saturated carbocycles. The van der Waals surface area contributed by atoms with Gasteiger partial charge in [0.1, 0.15) is 0 Å². The van der Waals surface area contributed by atoms with Crippen LogP contribution in [-0.2, 0) is 6.54 Å². The van der Waals surface area contributed by atoms with Crippen LogP contribution in [-0.4, -0.2) is 21.1 Å². The lowest BCUT2D eigenvalue weighted by Gasteiger charge is -2.09. The van der Waals surface area contributed by atoms with Crippen LogP contribution in [0.4, 0.5) is 5.95 Å². The van der Waals surface area contributed by atoms with Crippen LogP contribution in [0.1, 0.15) is 31.0 Å². The summed E-state index contributed by atoms with van der Waals surface area (Å²) in [7, 11) is 0. The van der Waals surface area contributed by atoms with Crippen molar-refractivity contribution in [1.82, 2.24) is 14.5 Å². The number of nitrogens with zero attached hydrogens (tertiary/aromatic N) is 3. The van der Waals surface area contributed by atoms with Gasteiger partial charge in [-0.05, 0) is 25.0 Å². The van der Waals surface area contributed by atoms with Crippen molar-refractivity contribution in [3.8, 4) is 0 Å². The molecule has 0 aliphatic rings. The molecule has 0 bridgehead atoms. The standard InChI is InChI=1S/C14H20N4/c1-3-4-7-15-14-16-8-9-18(14)11-13-6-5-12(2)17-10-13/h5-6,8-10H,3-4,7,11H2,1-2H3,(H,15,16). The molecule has 0 unspecified atom stereocenters. The maximum absolute atomic E-state index is 4.33. The van der Waals surface area contributed by atoms with Crippen LogP contribution >= 0.6 is 0 Å². The van der Waals surface area contributed by atoms with Crippen LogP contribution in [0.2, 0.25) is 0 Å². The van der Waals surface area contributed by atoms with Crippen molar-refractivity contribution in [2.24, 2.45) is 0 Å². The first-order valence-electron chi connectivity index (χ1n) is 6.46. The van der Waals surface area contributed by atoms with Gasteiger partial charge in [0.2, 0.25) is 5.95 Å². The number of aromatic nitrogens is 3. The van der Waals surface area contributed by atoms with E-state index in [-0.39, 0.29) is 0 Å². The Hall–Kier alpha value is -1.84. The van der Waals surface area contributed by atoms with Crippen molar-refractivity contribution in [2.75, 3.05) is 11.9 Å². The predicted molar refractivity (Wildman–Crippen MR) is 73.7 cm³/mol. The average Bonchev–Trinajstić information content (AvgIpc) is 2.80. The summed E-state index contributed by atoms with van der Waals surface area (Å²) in [5.41, 5.74) is 2.24. The molecule has 18 heavy (non-hydrogen) atoms. The molecule has 96 valence electrons. The molecule has 2 aromatic heterocycles. The second-order valence-electron chi connectivity index (χ2n) is 4.47. The molecule has 0 radical (unpaired) electrons. The SMILES string of the molecule is CCCCNc1nccn1Cc1ccc(C)nc1. The van der Waals surface area contributed by atoms with Gasteiger partial charge in [-0.3, -0.25) is 4.98 Å². The molecule has 0 atom stereocenters. The number of hydrogen-bond donors (Lipinski definition) is 1. The Bertz CT molecular complexity index is 473. The van der Waals surface area contributed by atoms with Gasteiger partial charge in [0.05, 0.1) is 6.54 Å². The van der Waals surface area contributed by atoms with E-state index in [9.17, 15) is 0 Å². The summed E-state index contributed by atoms with van der Waals surface area (Å²) in [4.78, 5) is 8.64. The fraction of sp³-hybridized carbons (Fsp3) is 0.429. The number of hydrogen-bond acceptors (Lipinski definition) is 3. The fourth-order valence-corrected chi connectivity index (χ4v) is 1.77. The number of imidazole rings is 1. The molecule has 0 aliphatic carbocycles. The van der Waals surface area contributed by atoms with Gasteiger partial charge in [-0.25, -0.2) is 4.98 Å². The monoisotopic (exact) mass is 244 g/mol. The first kappa shape index (κ1) is 12.6. The predicted octanol–water partition coefficient (Wildman–Crippen LogP) is 2.85. The molecular formula is C14H20N4. The number of unbranched alkanes of at least 4 members (excludes halogenated alkanes) is 1. The summed E-state index contributed by atoms with van der Waals surface area (Å²) >= 11 is 0. The van der Waals surface area contributed by atoms with Gasteiger partial charge < -0.3 is 9.88 Å². The Labute approximate surface area is 108 Å². The van der Waals surface area contributed by atoms with E-state index >= 15 is 0 Å². The Morgan fingerprint density at radius 3 is 2.89 bits per heavy atom. The minimum Gasteiger partial charge on any atom is -0.356 e. The topological polar surface area (TPSA) is 42.7 Å². The lowest BCUT2D eigenvalue weighted by atomic mass is 10.2. The van der Waals surface area contributed by atoms with Gasteiger partial charge in [0.15, 0.2) is 0 Å². The van der Waals surface area contributed by atoms with E-state index in [1.807, 2.05) is 31.6 Å². The van der Waals surface area contributed by atoms with Crippen molar-refractivity contribution in [3.63, 3.8) is 0 Å². The zero-order chi connectivity index (χ0) is 12.8. The summed E-state index contributed by atoms with van der Waals surface area (Å²) in [5, 5.41) is 3.36. The van der Waals surface area contributed by atoms with E-state index in [1.54, 1.807) is 0 Å². The molecule has 0 aromatic carbocycles. The quantitative estimate of drug-likeness (QED) is 0.795. The van der Waals surface area contributed by atoms with E-state index in [4.69, 9.17) is 0 Å². The second-order valence-corrected chi connectivity index (χ2v) is 4.47. The summed E-state index contributed by atoms with van der Waals surface area (Å²) in [6.45, 7) is 5.96. The van der Waals surface area contributed by atoms with E-state index in [0.717, 1.165) is 24.7 Å². The number of anilines is 1. The highest BCUT2D eigenvalue weighted by Gasteiger charge is 2.02. The molecule has 0 aliphatic heterocycles. The van der Waals surface area contributed by atoms with Crippen LogP contribution < -0.4 is 5.32 Å². The normalized spacial score (nSPS) is 10.6.